The molecule has 1 saturated heterocycles. The summed E-state index contributed by atoms with van der Waals surface area (Å²) >= 11 is 0. The monoisotopic (exact) mass is 496 g/mol. The molecule has 6 heteroatoms. The van der Waals surface area contributed by atoms with Gasteiger partial charge in [0.05, 0.1) is 0 Å². The van der Waals surface area contributed by atoms with E-state index in [9.17, 15) is 9.18 Å². The number of piperazine rings is 1. The van der Waals surface area contributed by atoms with Crippen LogP contribution in [-0.2, 0) is 13.0 Å². The Morgan fingerprint density at radius 3 is 2.46 bits per heavy atom. The number of rotatable bonds is 4. The molecule has 5 nitrogen and oxygen atoms in total. The second-order valence-corrected chi connectivity index (χ2v) is 9.92. The molecule has 3 aromatic carbocycles. The summed E-state index contributed by atoms with van der Waals surface area (Å²) in [6, 6.07) is 20.4. The molecule has 0 radical (unpaired) electrons. The highest BCUT2D eigenvalue weighted by atomic mass is 19.1. The van der Waals surface area contributed by atoms with Crippen molar-refractivity contribution in [3.05, 3.63) is 101 Å². The summed E-state index contributed by atoms with van der Waals surface area (Å²) in [4.78, 5) is 17.3. The number of furan rings is 1. The van der Waals surface area contributed by atoms with Gasteiger partial charge < -0.3 is 14.1 Å². The largest absolute Gasteiger partial charge is 0.489 e. The standard InChI is InChI=1S/C31H29FN2O3/c1-21-2-5-25-16-26-17-29(37-30(26)18-28(25)36-20-21)23-6-8-24(9-7-23)31(35)34-14-12-33(13-15-34)19-22-3-10-27(32)11-4-22/h2-4,6-11,16-18H,5,12-15,19-20H2,1H3. The summed E-state index contributed by atoms with van der Waals surface area (Å²) in [6.07, 6.45) is 3.06. The highest BCUT2D eigenvalue weighted by Crippen LogP contribution is 2.34. The lowest BCUT2D eigenvalue weighted by atomic mass is 10.1. The van der Waals surface area contributed by atoms with Crippen LogP contribution in [0.3, 0.4) is 0 Å². The summed E-state index contributed by atoms with van der Waals surface area (Å²) in [7, 11) is 0. The van der Waals surface area contributed by atoms with Gasteiger partial charge in [-0.2, -0.15) is 0 Å². The Labute approximate surface area is 215 Å². The van der Waals surface area contributed by atoms with Crippen molar-refractivity contribution in [3.63, 3.8) is 0 Å². The number of carbonyl (C=O) groups is 1. The van der Waals surface area contributed by atoms with Crippen molar-refractivity contribution in [1.29, 1.82) is 0 Å². The second-order valence-electron chi connectivity index (χ2n) is 9.92. The third-order valence-electron chi connectivity index (χ3n) is 7.22. The fourth-order valence-electron chi connectivity index (χ4n) is 5.00. The number of nitrogens with zero attached hydrogens (tertiary/aromatic N) is 2. The maximum atomic E-state index is 13.1. The summed E-state index contributed by atoms with van der Waals surface area (Å²) in [5, 5.41) is 1.05. The number of halogens is 1. The first-order valence-electron chi connectivity index (χ1n) is 12.7. The average Bonchev–Trinajstić information content (AvgIpc) is 3.25. The van der Waals surface area contributed by atoms with Crippen LogP contribution in [0.25, 0.3) is 22.3 Å². The first-order valence-corrected chi connectivity index (χ1v) is 12.7. The van der Waals surface area contributed by atoms with Crippen molar-refractivity contribution in [2.24, 2.45) is 0 Å². The highest BCUT2D eigenvalue weighted by molar-refractivity contribution is 5.95. The predicted molar refractivity (Wildman–Crippen MR) is 142 cm³/mol. The molecule has 0 bridgehead atoms. The molecule has 4 aromatic rings. The van der Waals surface area contributed by atoms with E-state index >= 15 is 0 Å². The van der Waals surface area contributed by atoms with Gasteiger partial charge in [0.2, 0.25) is 0 Å². The Morgan fingerprint density at radius 1 is 0.946 bits per heavy atom. The number of hydrogen-bond donors (Lipinski definition) is 0. The molecule has 2 aliphatic heterocycles. The second kappa shape index (κ2) is 9.87. The van der Waals surface area contributed by atoms with Crippen LogP contribution >= 0.6 is 0 Å². The van der Waals surface area contributed by atoms with Crippen molar-refractivity contribution >= 4 is 16.9 Å². The van der Waals surface area contributed by atoms with Crippen molar-refractivity contribution in [2.45, 2.75) is 19.9 Å². The molecule has 0 N–H and O–H groups in total. The fraction of sp³-hybridized carbons (Fsp3) is 0.258. The van der Waals surface area contributed by atoms with Gasteiger partial charge in [0.1, 0.15) is 29.5 Å². The Morgan fingerprint density at radius 2 is 1.70 bits per heavy atom. The molecule has 6 rings (SSSR count). The number of fused-ring (bicyclic) bond motifs is 2. The van der Waals surface area contributed by atoms with E-state index in [1.807, 2.05) is 53.4 Å². The lowest BCUT2D eigenvalue weighted by molar-refractivity contribution is 0.0628. The molecule has 1 aromatic heterocycles. The van der Waals surface area contributed by atoms with Crippen molar-refractivity contribution in [2.75, 3.05) is 32.8 Å². The number of hydrogen-bond acceptors (Lipinski definition) is 4. The van der Waals surface area contributed by atoms with Gasteiger partial charge >= 0.3 is 0 Å². The number of amides is 1. The van der Waals surface area contributed by atoms with E-state index in [0.29, 0.717) is 25.3 Å². The lowest BCUT2D eigenvalue weighted by Crippen LogP contribution is -2.48. The van der Waals surface area contributed by atoms with E-state index in [0.717, 1.165) is 65.2 Å². The van der Waals surface area contributed by atoms with Crippen LogP contribution in [0.2, 0.25) is 0 Å². The van der Waals surface area contributed by atoms with Gasteiger partial charge in [0, 0.05) is 55.3 Å². The van der Waals surface area contributed by atoms with Gasteiger partial charge in [-0.15, -0.1) is 0 Å². The molecule has 3 heterocycles. The van der Waals surface area contributed by atoms with E-state index in [1.165, 1.54) is 17.7 Å². The van der Waals surface area contributed by atoms with E-state index in [-0.39, 0.29) is 11.7 Å². The molecule has 1 fully saturated rings. The Bertz CT molecular complexity index is 1460. The molecular weight excluding hydrogens is 467 g/mol. The van der Waals surface area contributed by atoms with Gasteiger partial charge in [-0.05, 0) is 66.4 Å². The lowest BCUT2D eigenvalue weighted by Gasteiger charge is -2.34. The summed E-state index contributed by atoms with van der Waals surface area (Å²) in [6.45, 7) is 6.38. The molecular formula is C31H29FN2O3. The minimum absolute atomic E-state index is 0.0434. The minimum Gasteiger partial charge on any atom is -0.489 e. The Balaban J connectivity index is 1.11. The maximum Gasteiger partial charge on any atom is 0.253 e. The Hall–Kier alpha value is -3.90. The molecule has 0 unspecified atom stereocenters. The van der Waals surface area contributed by atoms with Crippen molar-refractivity contribution in [1.82, 2.24) is 9.80 Å². The van der Waals surface area contributed by atoms with Crippen molar-refractivity contribution < 1.29 is 18.3 Å². The highest BCUT2D eigenvalue weighted by Gasteiger charge is 2.22. The summed E-state index contributed by atoms with van der Waals surface area (Å²) in [5.41, 5.74) is 5.88. The quantitative estimate of drug-likeness (QED) is 0.321. The van der Waals surface area contributed by atoms with Crippen LogP contribution in [0.15, 0.2) is 82.8 Å². The van der Waals surface area contributed by atoms with Crippen molar-refractivity contribution in [3.8, 4) is 17.1 Å². The topological polar surface area (TPSA) is 45.9 Å². The summed E-state index contributed by atoms with van der Waals surface area (Å²) in [5.74, 6) is 1.47. The number of allylic oxidation sites excluding steroid dienone is 1. The van der Waals surface area contributed by atoms with Crippen LogP contribution < -0.4 is 4.74 Å². The molecule has 2 aliphatic rings. The summed E-state index contributed by atoms with van der Waals surface area (Å²) < 4.78 is 25.2. The van der Waals surface area contributed by atoms with Crippen LogP contribution in [0.1, 0.15) is 28.4 Å². The minimum atomic E-state index is -0.220. The predicted octanol–water partition coefficient (Wildman–Crippen LogP) is 6.08. The zero-order chi connectivity index (χ0) is 25.4. The SMILES string of the molecule is CC1=CCc2cc3cc(-c4ccc(C(=O)N5CCN(Cc6ccc(F)cc6)CC5)cc4)oc3cc2OC1. The molecule has 1 amide bonds. The van der Waals surface area contributed by atoms with Gasteiger partial charge in [0.15, 0.2) is 0 Å². The third kappa shape index (κ3) is 5.02. The Kier molecular flexibility index (Phi) is 6.26. The smallest absolute Gasteiger partial charge is 0.253 e. The fourth-order valence-corrected chi connectivity index (χ4v) is 5.00. The third-order valence-corrected chi connectivity index (χ3v) is 7.22. The van der Waals surface area contributed by atoms with Crippen LogP contribution in [-0.4, -0.2) is 48.5 Å². The van der Waals surface area contributed by atoms with E-state index in [2.05, 4.69) is 24.0 Å². The van der Waals surface area contributed by atoms with Crippen LogP contribution in [0.5, 0.6) is 5.75 Å². The molecule has 0 spiro atoms. The maximum absolute atomic E-state index is 13.1. The molecule has 0 aliphatic carbocycles. The number of benzene rings is 3. The van der Waals surface area contributed by atoms with E-state index in [1.54, 1.807) is 0 Å². The first kappa shape index (κ1) is 23.5. The normalized spacial score (nSPS) is 16.2. The molecule has 37 heavy (non-hydrogen) atoms. The number of ether oxygens (including phenoxy) is 1. The first-order chi connectivity index (χ1) is 18.0. The molecule has 0 saturated carbocycles. The van der Waals surface area contributed by atoms with E-state index in [4.69, 9.17) is 9.15 Å². The van der Waals surface area contributed by atoms with Gasteiger partial charge in [-0.25, -0.2) is 4.39 Å². The molecule has 188 valence electrons. The van der Waals surface area contributed by atoms with Gasteiger partial charge in [-0.1, -0.05) is 30.3 Å². The van der Waals surface area contributed by atoms with Crippen LogP contribution in [0.4, 0.5) is 4.39 Å². The van der Waals surface area contributed by atoms with E-state index < -0.39 is 0 Å². The molecule has 0 atom stereocenters. The number of carbonyl (C=O) groups excluding carboxylic acids is 1. The average molecular weight is 497 g/mol. The zero-order valence-electron chi connectivity index (χ0n) is 20.9. The van der Waals surface area contributed by atoms with Crippen LogP contribution in [0, 0.1) is 5.82 Å². The van der Waals surface area contributed by atoms with Gasteiger partial charge in [0.25, 0.3) is 5.91 Å². The zero-order valence-corrected chi connectivity index (χ0v) is 20.9. The van der Waals surface area contributed by atoms with Gasteiger partial charge in [-0.3, -0.25) is 9.69 Å².